The first-order valence-electron chi connectivity index (χ1n) is 18.6. The smallest absolute Gasteiger partial charge is 0.293 e. The molecule has 3 heterocycles. The maximum Gasteiger partial charge on any atom is 0.293 e. The summed E-state index contributed by atoms with van der Waals surface area (Å²) >= 11 is 0. The second-order valence-electron chi connectivity index (χ2n) is 13.1. The Morgan fingerprint density at radius 3 is 1.98 bits per heavy atom. The highest BCUT2D eigenvalue weighted by atomic mass is 16.5. The van der Waals surface area contributed by atoms with Gasteiger partial charge in [-0.1, -0.05) is 86.9 Å². The summed E-state index contributed by atoms with van der Waals surface area (Å²) in [5, 5.41) is 14.9. The summed E-state index contributed by atoms with van der Waals surface area (Å²) in [5.41, 5.74) is 1.26. The number of carbonyl (C=O) groups excluding carboxylic acids is 1. The molecule has 4 aromatic rings. The van der Waals surface area contributed by atoms with E-state index in [-0.39, 0.29) is 17.8 Å². The number of aliphatic hydroxyl groups excluding tert-OH is 1. The number of amides is 1. The van der Waals surface area contributed by atoms with Gasteiger partial charge in [0, 0.05) is 32.0 Å². The Hall–Kier alpha value is -4.74. The van der Waals surface area contributed by atoms with Crippen LogP contribution in [-0.2, 0) is 16.8 Å². The molecule has 0 spiro atoms. The number of rotatable bonds is 15. The molecule has 11 nitrogen and oxygen atoms in total. The number of likely N-dealkylation sites (tertiary alicyclic amines) is 1. The SMILES string of the molecule is CCC(c1ccccc1)c1noc(CCN(CC)CC)n1.COc1ccc(C2(c3ccc(OC)cc3)N=C(O)N(CCN3CCCCC3)C2=O)cc1. The van der Waals surface area contributed by atoms with Crippen molar-refractivity contribution in [2.24, 2.45) is 4.99 Å². The minimum atomic E-state index is -1.34. The van der Waals surface area contributed by atoms with Crippen LogP contribution >= 0.6 is 0 Å². The summed E-state index contributed by atoms with van der Waals surface area (Å²) in [7, 11) is 3.20. The van der Waals surface area contributed by atoms with Gasteiger partial charge >= 0.3 is 0 Å². The van der Waals surface area contributed by atoms with Gasteiger partial charge in [-0.2, -0.15) is 4.98 Å². The predicted octanol–water partition coefficient (Wildman–Crippen LogP) is 6.69. The van der Waals surface area contributed by atoms with Crippen molar-refractivity contribution >= 4 is 11.9 Å². The lowest BCUT2D eigenvalue weighted by atomic mass is 9.82. The molecule has 2 aliphatic heterocycles. The van der Waals surface area contributed by atoms with Gasteiger partial charge in [-0.05, 0) is 86.4 Å². The molecule has 1 amide bonds. The number of hydrogen-bond donors (Lipinski definition) is 1. The van der Waals surface area contributed by atoms with Gasteiger partial charge in [0.1, 0.15) is 11.5 Å². The van der Waals surface area contributed by atoms with E-state index in [0.29, 0.717) is 35.7 Å². The summed E-state index contributed by atoms with van der Waals surface area (Å²) in [6.45, 7) is 12.8. The summed E-state index contributed by atoms with van der Waals surface area (Å²) in [6.07, 6.45) is 5.40. The quantitative estimate of drug-likeness (QED) is 0.144. The van der Waals surface area contributed by atoms with E-state index in [0.717, 1.165) is 57.3 Å². The number of methoxy groups -OCH3 is 2. The lowest BCUT2D eigenvalue weighted by molar-refractivity contribution is -0.130. The van der Waals surface area contributed by atoms with E-state index in [2.05, 4.69) is 70.0 Å². The summed E-state index contributed by atoms with van der Waals surface area (Å²) in [4.78, 5) is 29.0. The van der Waals surface area contributed by atoms with Gasteiger partial charge < -0.3 is 28.9 Å². The maximum absolute atomic E-state index is 13.8. The fourth-order valence-corrected chi connectivity index (χ4v) is 6.93. The summed E-state index contributed by atoms with van der Waals surface area (Å²) in [6, 6.07) is 24.7. The average molecular weight is 711 g/mol. The fraction of sp³-hybridized carbons (Fsp3) is 0.463. The van der Waals surface area contributed by atoms with Crippen LogP contribution in [0.3, 0.4) is 0 Å². The lowest BCUT2D eigenvalue weighted by Crippen LogP contribution is -2.45. The molecular weight excluding hydrogens is 656 g/mol. The Labute approximate surface area is 308 Å². The summed E-state index contributed by atoms with van der Waals surface area (Å²) in [5.74, 6) is 2.89. The van der Waals surface area contributed by atoms with Crippen molar-refractivity contribution in [2.45, 2.75) is 64.3 Å². The van der Waals surface area contributed by atoms with Gasteiger partial charge in [0.15, 0.2) is 11.4 Å². The van der Waals surface area contributed by atoms with Gasteiger partial charge in [0.25, 0.3) is 11.9 Å². The highest BCUT2D eigenvalue weighted by Gasteiger charge is 2.51. The van der Waals surface area contributed by atoms with Crippen LogP contribution in [0, 0.1) is 0 Å². The molecule has 1 atom stereocenters. The number of hydrogen-bond acceptors (Lipinski definition) is 9. The van der Waals surface area contributed by atoms with E-state index in [4.69, 9.17) is 14.0 Å². The highest BCUT2D eigenvalue weighted by molar-refractivity contribution is 6.07. The molecular formula is C41H54N6O5. The largest absolute Gasteiger partial charge is 0.497 e. The molecule has 0 saturated carbocycles. The second kappa shape index (κ2) is 18.7. The fourth-order valence-electron chi connectivity index (χ4n) is 6.93. The van der Waals surface area contributed by atoms with Crippen LogP contribution < -0.4 is 9.47 Å². The lowest BCUT2D eigenvalue weighted by Gasteiger charge is -2.30. The normalized spacial score (nSPS) is 16.3. The monoisotopic (exact) mass is 710 g/mol. The number of carbonyl (C=O) groups is 1. The molecule has 0 bridgehead atoms. The minimum Gasteiger partial charge on any atom is -0.497 e. The van der Waals surface area contributed by atoms with Crippen molar-refractivity contribution in [2.75, 3.05) is 60.0 Å². The zero-order valence-corrected chi connectivity index (χ0v) is 31.3. The topological polar surface area (TPSA) is 117 Å². The van der Waals surface area contributed by atoms with Crippen molar-refractivity contribution in [1.29, 1.82) is 0 Å². The zero-order chi connectivity index (χ0) is 36.9. The Balaban J connectivity index is 0.000000217. The highest BCUT2D eigenvalue weighted by Crippen LogP contribution is 2.41. The number of amidine groups is 1. The van der Waals surface area contributed by atoms with Gasteiger partial charge in [0.05, 0.1) is 14.2 Å². The molecule has 1 fully saturated rings. The Morgan fingerprint density at radius 2 is 1.44 bits per heavy atom. The average Bonchev–Trinajstić information content (AvgIpc) is 3.77. The molecule has 3 aromatic carbocycles. The number of aromatic nitrogens is 2. The third-order valence-corrected chi connectivity index (χ3v) is 10.1. The van der Waals surface area contributed by atoms with E-state index in [9.17, 15) is 9.90 Å². The van der Waals surface area contributed by atoms with Crippen LogP contribution in [0.15, 0.2) is 88.4 Å². The molecule has 6 rings (SSSR count). The standard InChI is InChI=1S/C24H29N3O4.C17H25N3O/c1-30-20-10-6-18(7-11-20)24(19-8-12-21(31-2)13-9-19)22(28)27(23(29)25-24)17-16-26-14-4-3-5-15-26;1-4-15(14-10-8-7-9-11-14)17-18-16(21-19-17)12-13-20(5-2)6-3/h6-13H,3-5,14-17H2,1-2H3,(H,25,29);7-11,15H,4-6,12-13H2,1-3H3. The van der Waals surface area contributed by atoms with Crippen molar-refractivity contribution in [1.82, 2.24) is 24.8 Å². The van der Waals surface area contributed by atoms with Crippen LogP contribution in [-0.4, -0.2) is 102 Å². The van der Waals surface area contributed by atoms with E-state index in [1.165, 1.54) is 29.7 Å². The molecule has 11 heteroatoms. The van der Waals surface area contributed by atoms with E-state index >= 15 is 0 Å². The molecule has 52 heavy (non-hydrogen) atoms. The maximum atomic E-state index is 13.8. The number of nitrogens with zero attached hydrogens (tertiary/aromatic N) is 6. The van der Waals surface area contributed by atoms with Crippen molar-refractivity contribution in [3.8, 4) is 11.5 Å². The predicted molar refractivity (Wildman–Crippen MR) is 203 cm³/mol. The van der Waals surface area contributed by atoms with Crippen LogP contribution in [0.1, 0.15) is 80.8 Å². The number of ether oxygens (including phenoxy) is 2. The first-order chi connectivity index (χ1) is 25.4. The van der Waals surface area contributed by atoms with Crippen LogP contribution in [0.5, 0.6) is 11.5 Å². The molecule has 0 aliphatic carbocycles. The van der Waals surface area contributed by atoms with Crippen molar-refractivity contribution in [3.05, 3.63) is 107 Å². The minimum absolute atomic E-state index is 0.220. The Kier molecular flexibility index (Phi) is 13.8. The van der Waals surface area contributed by atoms with E-state index in [1.807, 2.05) is 30.3 Å². The Morgan fingerprint density at radius 1 is 0.846 bits per heavy atom. The summed E-state index contributed by atoms with van der Waals surface area (Å²) < 4.78 is 16.0. The molecule has 2 aliphatic rings. The van der Waals surface area contributed by atoms with E-state index < -0.39 is 5.54 Å². The van der Waals surface area contributed by atoms with Crippen LogP contribution in [0.4, 0.5) is 0 Å². The first-order valence-corrected chi connectivity index (χ1v) is 18.6. The molecule has 1 saturated heterocycles. The van der Waals surface area contributed by atoms with Crippen molar-refractivity contribution in [3.63, 3.8) is 0 Å². The number of likely N-dealkylation sites (N-methyl/N-ethyl adjacent to an activating group) is 1. The van der Waals surface area contributed by atoms with Gasteiger partial charge in [-0.15, -0.1) is 0 Å². The number of benzene rings is 3. The second-order valence-corrected chi connectivity index (χ2v) is 13.1. The van der Waals surface area contributed by atoms with Gasteiger partial charge in [0.2, 0.25) is 5.89 Å². The van der Waals surface area contributed by atoms with Crippen molar-refractivity contribution < 1.29 is 23.9 Å². The molecule has 1 unspecified atom stereocenters. The van der Waals surface area contributed by atoms with Crippen LogP contribution in [0.2, 0.25) is 0 Å². The molecule has 0 radical (unpaired) electrons. The number of aliphatic imine (C=N–C) groups is 1. The third kappa shape index (κ3) is 9.00. The van der Waals surface area contributed by atoms with Crippen LogP contribution in [0.25, 0.3) is 0 Å². The van der Waals surface area contributed by atoms with E-state index in [1.54, 1.807) is 38.5 Å². The van der Waals surface area contributed by atoms with Gasteiger partial charge in [-0.3, -0.25) is 9.69 Å². The Bertz CT molecular complexity index is 1650. The molecule has 278 valence electrons. The number of piperidine rings is 1. The van der Waals surface area contributed by atoms with Gasteiger partial charge in [-0.25, -0.2) is 4.99 Å². The molecule has 1 aromatic heterocycles. The third-order valence-electron chi connectivity index (χ3n) is 10.1. The first kappa shape index (κ1) is 38.5. The molecule has 1 N–H and O–H groups in total. The zero-order valence-electron chi connectivity index (χ0n) is 31.3. The number of aliphatic hydroxyl groups is 1.